The lowest BCUT2D eigenvalue weighted by molar-refractivity contribution is 0.192. The highest BCUT2D eigenvalue weighted by atomic mass is 32.1. The highest BCUT2D eigenvalue weighted by Gasteiger charge is 1.95. The van der Waals surface area contributed by atoms with Crippen LogP contribution in [-0.2, 0) is 4.74 Å². The van der Waals surface area contributed by atoms with Crippen molar-refractivity contribution in [2.24, 2.45) is 5.92 Å². The first-order valence-electron chi connectivity index (χ1n) is 4.67. The normalized spacial score (nSPS) is 10.2. The number of nitrogens with one attached hydrogen (secondary N) is 2. The van der Waals surface area contributed by atoms with Crippen LogP contribution >= 0.6 is 12.2 Å². The Labute approximate surface area is 86.2 Å². The van der Waals surface area contributed by atoms with Gasteiger partial charge in [0.1, 0.15) is 6.73 Å². The molecule has 0 saturated carbocycles. The number of rotatable bonds is 6. The third kappa shape index (κ3) is 9.56. The van der Waals surface area contributed by atoms with Crippen LogP contribution in [0.5, 0.6) is 0 Å². The smallest absolute Gasteiger partial charge is 0.168 e. The van der Waals surface area contributed by atoms with Crippen LogP contribution in [0.25, 0.3) is 0 Å². The van der Waals surface area contributed by atoms with Crippen molar-refractivity contribution in [1.29, 1.82) is 0 Å². The van der Waals surface area contributed by atoms with Crippen molar-refractivity contribution in [3.05, 3.63) is 0 Å². The van der Waals surface area contributed by atoms with E-state index < -0.39 is 0 Å². The van der Waals surface area contributed by atoms with Gasteiger partial charge in [0, 0.05) is 13.7 Å². The molecule has 0 atom stereocenters. The van der Waals surface area contributed by atoms with E-state index in [2.05, 4.69) is 24.5 Å². The van der Waals surface area contributed by atoms with Crippen molar-refractivity contribution in [2.75, 3.05) is 20.4 Å². The van der Waals surface area contributed by atoms with Crippen molar-refractivity contribution < 1.29 is 4.74 Å². The van der Waals surface area contributed by atoms with Gasteiger partial charge in [0.05, 0.1) is 0 Å². The molecule has 2 N–H and O–H groups in total. The summed E-state index contributed by atoms with van der Waals surface area (Å²) in [6.45, 7) is 5.85. The molecule has 0 aromatic rings. The number of ether oxygens (including phenoxy) is 1. The topological polar surface area (TPSA) is 33.3 Å². The molecule has 0 saturated heterocycles. The number of methoxy groups -OCH3 is 1. The molecule has 0 amide bonds. The molecule has 0 bridgehead atoms. The molecular formula is C9H20N2OS. The maximum absolute atomic E-state index is 5.00. The number of hydrogen-bond acceptors (Lipinski definition) is 2. The van der Waals surface area contributed by atoms with Gasteiger partial charge in [-0.05, 0) is 31.0 Å². The van der Waals surface area contributed by atoms with E-state index in [1.807, 2.05) is 0 Å². The van der Waals surface area contributed by atoms with Crippen molar-refractivity contribution in [1.82, 2.24) is 10.6 Å². The predicted octanol–water partition coefficient (Wildman–Crippen LogP) is 1.49. The highest BCUT2D eigenvalue weighted by Crippen LogP contribution is 2.01. The van der Waals surface area contributed by atoms with Crippen molar-refractivity contribution in [3.63, 3.8) is 0 Å². The Bertz CT molecular complexity index is 140. The van der Waals surface area contributed by atoms with E-state index in [-0.39, 0.29) is 0 Å². The lowest BCUT2D eigenvalue weighted by Gasteiger charge is -2.10. The molecule has 3 nitrogen and oxygen atoms in total. The Hall–Kier alpha value is -0.350. The van der Waals surface area contributed by atoms with Crippen LogP contribution in [0.15, 0.2) is 0 Å². The van der Waals surface area contributed by atoms with E-state index in [9.17, 15) is 0 Å². The molecule has 0 aliphatic carbocycles. The molecule has 78 valence electrons. The largest absolute Gasteiger partial charge is 0.365 e. The van der Waals surface area contributed by atoms with Crippen LogP contribution < -0.4 is 10.6 Å². The lowest BCUT2D eigenvalue weighted by Crippen LogP contribution is -2.36. The van der Waals surface area contributed by atoms with E-state index in [1.54, 1.807) is 7.11 Å². The first-order chi connectivity index (χ1) is 6.16. The molecule has 0 radical (unpaired) electrons. The fourth-order valence-corrected chi connectivity index (χ4v) is 1.07. The summed E-state index contributed by atoms with van der Waals surface area (Å²) in [6, 6.07) is 0. The number of hydrogen-bond donors (Lipinski definition) is 2. The first kappa shape index (κ1) is 12.7. The van der Waals surface area contributed by atoms with Gasteiger partial charge in [-0.25, -0.2) is 0 Å². The summed E-state index contributed by atoms with van der Waals surface area (Å²) in [6.07, 6.45) is 2.40. The van der Waals surface area contributed by atoms with Crippen LogP contribution in [0.4, 0.5) is 0 Å². The average Bonchev–Trinajstić information content (AvgIpc) is 2.08. The zero-order chi connectivity index (χ0) is 10.1. The molecule has 0 aromatic heterocycles. The van der Waals surface area contributed by atoms with E-state index in [1.165, 1.54) is 6.42 Å². The molecule has 0 rings (SSSR count). The molecule has 0 heterocycles. The van der Waals surface area contributed by atoms with Gasteiger partial charge in [0.15, 0.2) is 5.11 Å². The molecule has 0 aliphatic rings. The number of thiocarbonyl (C=S) groups is 1. The second-order valence-electron chi connectivity index (χ2n) is 3.40. The van der Waals surface area contributed by atoms with Crippen LogP contribution in [0, 0.1) is 5.92 Å². The average molecular weight is 204 g/mol. The maximum atomic E-state index is 5.00. The van der Waals surface area contributed by atoms with E-state index in [0.717, 1.165) is 18.9 Å². The Morgan fingerprint density at radius 2 is 2.08 bits per heavy atom. The first-order valence-corrected chi connectivity index (χ1v) is 5.08. The molecule has 0 aromatic carbocycles. The second-order valence-corrected chi connectivity index (χ2v) is 3.81. The van der Waals surface area contributed by atoms with E-state index in [0.29, 0.717) is 11.8 Å². The van der Waals surface area contributed by atoms with Crippen molar-refractivity contribution >= 4 is 17.3 Å². The molecule has 4 heteroatoms. The Balaban J connectivity index is 3.17. The van der Waals surface area contributed by atoms with Crippen LogP contribution in [0.3, 0.4) is 0 Å². The van der Waals surface area contributed by atoms with Gasteiger partial charge >= 0.3 is 0 Å². The van der Waals surface area contributed by atoms with Crippen molar-refractivity contribution in [3.8, 4) is 0 Å². The monoisotopic (exact) mass is 204 g/mol. The molecule has 0 spiro atoms. The van der Waals surface area contributed by atoms with Crippen LogP contribution in [0.1, 0.15) is 26.7 Å². The SMILES string of the molecule is COCNC(=S)NCCCC(C)C. The summed E-state index contributed by atoms with van der Waals surface area (Å²) < 4.78 is 4.82. The van der Waals surface area contributed by atoms with Gasteiger partial charge in [-0.3, -0.25) is 0 Å². The van der Waals surface area contributed by atoms with Crippen LogP contribution in [-0.4, -0.2) is 25.5 Å². The minimum atomic E-state index is 0.468. The van der Waals surface area contributed by atoms with Gasteiger partial charge in [0.25, 0.3) is 0 Å². The summed E-state index contributed by atoms with van der Waals surface area (Å²) in [5, 5.41) is 6.70. The minimum Gasteiger partial charge on any atom is -0.365 e. The van der Waals surface area contributed by atoms with Gasteiger partial charge in [-0.2, -0.15) is 0 Å². The summed E-state index contributed by atoms with van der Waals surface area (Å²) >= 11 is 5.00. The molecule has 0 unspecified atom stereocenters. The fraction of sp³-hybridized carbons (Fsp3) is 0.889. The molecule has 0 fully saturated rings. The molecule has 13 heavy (non-hydrogen) atoms. The molecular weight excluding hydrogens is 184 g/mol. The Morgan fingerprint density at radius 1 is 1.38 bits per heavy atom. The minimum absolute atomic E-state index is 0.468. The third-order valence-electron chi connectivity index (χ3n) is 1.62. The maximum Gasteiger partial charge on any atom is 0.168 e. The van der Waals surface area contributed by atoms with Crippen LogP contribution in [0.2, 0.25) is 0 Å². The van der Waals surface area contributed by atoms with E-state index in [4.69, 9.17) is 17.0 Å². The third-order valence-corrected chi connectivity index (χ3v) is 1.91. The standard InChI is InChI=1S/C9H20N2OS/c1-8(2)5-4-6-10-9(13)11-7-12-3/h8H,4-7H2,1-3H3,(H2,10,11,13). The summed E-state index contributed by atoms with van der Waals surface area (Å²) in [7, 11) is 1.63. The van der Waals surface area contributed by atoms with Gasteiger partial charge in [-0.15, -0.1) is 0 Å². The lowest BCUT2D eigenvalue weighted by atomic mass is 10.1. The second kappa shape index (κ2) is 8.26. The zero-order valence-corrected chi connectivity index (χ0v) is 9.54. The Morgan fingerprint density at radius 3 is 2.62 bits per heavy atom. The van der Waals surface area contributed by atoms with Gasteiger partial charge in [0.2, 0.25) is 0 Å². The summed E-state index contributed by atoms with van der Waals surface area (Å²) in [5.74, 6) is 0.766. The fourth-order valence-electron chi connectivity index (χ4n) is 0.912. The van der Waals surface area contributed by atoms with Gasteiger partial charge in [-0.1, -0.05) is 13.8 Å². The molecule has 0 aliphatic heterocycles. The van der Waals surface area contributed by atoms with Crippen molar-refractivity contribution in [2.45, 2.75) is 26.7 Å². The quantitative estimate of drug-likeness (QED) is 0.390. The summed E-state index contributed by atoms with van der Waals surface area (Å²) in [4.78, 5) is 0. The predicted molar refractivity (Wildman–Crippen MR) is 59.7 cm³/mol. The van der Waals surface area contributed by atoms with Gasteiger partial charge < -0.3 is 15.4 Å². The zero-order valence-electron chi connectivity index (χ0n) is 8.72. The summed E-state index contributed by atoms with van der Waals surface area (Å²) in [5.41, 5.74) is 0. The Kier molecular flexibility index (Phi) is 8.04. The highest BCUT2D eigenvalue weighted by molar-refractivity contribution is 7.80. The van der Waals surface area contributed by atoms with E-state index >= 15 is 0 Å².